The molecular weight excluding hydrogens is 192 g/mol. The van der Waals surface area contributed by atoms with Gasteiger partial charge in [-0.25, -0.2) is 0 Å². The molecule has 0 spiro atoms. The summed E-state index contributed by atoms with van der Waals surface area (Å²) in [7, 11) is 1.54. The fourth-order valence-corrected chi connectivity index (χ4v) is 1.37. The lowest BCUT2D eigenvalue weighted by Gasteiger charge is -2.22. The second kappa shape index (κ2) is 6.56. The highest BCUT2D eigenvalue weighted by Crippen LogP contribution is 1.99. The molecule has 0 radical (unpaired) electrons. The molecule has 0 bridgehead atoms. The number of carbonyl (C=O) groups excluding carboxylic acids is 2. The third-order valence-corrected chi connectivity index (χ3v) is 2.12. The van der Waals surface area contributed by atoms with Gasteiger partial charge in [-0.05, 0) is 13.3 Å². The Morgan fingerprint density at radius 1 is 1.27 bits per heavy atom. The number of nitrogens with zero attached hydrogens (tertiary/aromatic N) is 1. The molecule has 0 aromatic heterocycles. The summed E-state index contributed by atoms with van der Waals surface area (Å²) in [5, 5.41) is 3.08. The highest BCUT2D eigenvalue weighted by Gasteiger charge is 2.21. The van der Waals surface area contributed by atoms with Crippen molar-refractivity contribution in [3.05, 3.63) is 0 Å². The smallest absolute Gasteiger partial charge is 0.245 e. The van der Waals surface area contributed by atoms with Crippen molar-refractivity contribution in [2.75, 3.05) is 7.05 Å². The van der Waals surface area contributed by atoms with Crippen molar-refractivity contribution in [2.45, 2.75) is 52.6 Å². The number of imide groups is 1. The van der Waals surface area contributed by atoms with Crippen molar-refractivity contribution in [2.24, 2.45) is 0 Å². The molecule has 0 saturated heterocycles. The zero-order valence-electron chi connectivity index (χ0n) is 10.3. The largest absolute Gasteiger partial charge is 0.304 e. The minimum atomic E-state index is -0.309. The van der Waals surface area contributed by atoms with Crippen molar-refractivity contribution < 1.29 is 9.59 Å². The number of nitrogens with one attached hydrogen (secondary N) is 1. The summed E-state index contributed by atoms with van der Waals surface area (Å²) < 4.78 is 0. The molecule has 0 aromatic carbocycles. The first-order chi connectivity index (χ1) is 6.90. The maximum Gasteiger partial charge on any atom is 0.245 e. The lowest BCUT2D eigenvalue weighted by molar-refractivity contribution is -0.144. The van der Waals surface area contributed by atoms with Crippen LogP contribution < -0.4 is 5.32 Å². The van der Waals surface area contributed by atoms with Crippen molar-refractivity contribution in [3.63, 3.8) is 0 Å². The van der Waals surface area contributed by atoms with Gasteiger partial charge in [-0.1, -0.05) is 20.8 Å². The number of carbonyl (C=O) groups is 2. The minimum absolute atomic E-state index is 0.111. The summed E-state index contributed by atoms with van der Waals surface area (Å²) >= 11 is 0. The first-order valence-electron chi connectivity index (χ1n) is 5.46. The van der Waals surface area contributed by atoms with Gasteiger partial charge in [0.05, 0.1) is 6.04 Å². The van der Waals surface area contributed by atoms with Gasteiger partial charge in [0.15, 0.2) is 0 Å². The molecule has 0 aromatic rings. The van der Waals surface area contributed by atoms with Crippen LogP contribution in [0.25, 0.3) is 0 Å². The first kappa shape index (κ1) is 14.1. The summed E-state index contributed by atoms with van der Waals surface area (Å²) in [5.41, 5.74) is 0. The van der Waals surface area contributed by atoms with Gasteiger partial charge in [-0.3, -0.25) is 14.5 Å². The predicted molar refractivity (Wildman–Crippen MR) is 60.4 cm³/mol. The second-order valence-corrected chi connectivity index (χ2v) is 4.08. The fraction of sp³-hybridized carbons (Fsp3) is 0.818. The van der Waals surface area contributed by atoms with Crippen LogP contribution in [0.5, 0.6) is 0 Å². The standard InChI is InChI=1S/C11H22N2O2/c1-6-7-10(14)13(5)11(15)9(4)12-8(2)3/h8-9,12H,6-7H2,1-5H3. The molecule has 0 heterocycles. The molecule has 0 aliphatic rings. The maximum atomic E-state index is 11.7. The highest BCUT2D eigenvalue weighted by atomic mass is 16.2. The molecule has 0 saturated carbocycles. The molecule has 1 atom stereocenters. The SMILES string of the molecule is CCCC(=O)N(C)C(=O)C(C)NC(C)C. The van der Waals surface area contributed by atoms with Crippen LogP contribution in [0.15, 0.2) is 0 Å². The molecule has 4 nitrogen and oxygen atoms in total. The topological polar surface area (TPSA) is 49.4 Å². The van der Waals surface area contributed by atoms with Crippen molar-refractivity contribution >= 4 is 11.8 Å². The molecule has 1 N–H and O–H groups in total. The molecule has 0 aliphatic carbocycles. The lowest BCUT2D eigenvalue weighted by atomic mass is 10.2. The number of likely N-dealkylation sites (N-methyl/N-ethyl adjacent to an activating group) is 1. The first-order valence-corrected chi connectivity index (χ1v) is 5.46. The van der Waals surface area contributed by atoms with Crippen LogP contribution in [0.4, 0.5) is 0 Å². The average molecular weight is 214 g/mol. The van der Waals surface area contributed by atoms with Crippen molar-refractivity contribution in [1.82, 2.24) is 10.2 Å². The van der Waals surface area contributed by atoms with E-state index in [4.69, 9.17) is 0 Å². The van der Waals surface area contributed by atoms with Gasteiger partial charge >= 0.3 is 0 Å². The Kier molecular flexibility index (Phi) is 6.17. The van der Waals surface area contributed by atoms with Gasteiger partial charge in [0, 0.05) is 19.5 Å². The number of hydrogen-bond acceptors (Lipinski definition) is 3. The van der Waals surface area contributed by atoms with Gasteiger partial charge in [0.25, 0.3) is 0 Å². The van der Waals surface area contributed by atoms with Crippen molar-refractivity contribution in [1.29, 1.82) is 0 Å². The third-order valence-electron chi connectivity index (χ3n) is 2.12. The van der Waals surface area contributed by atoms with Gasteiger partial charge in [-0.15, -0.1) is 0 Å². The summed E-state index contributed by atoms with van der Waals surface area (Å²) in [5.74, 6) is -0.276. The molecule has 88 valence electrons. The molecule has 15 heavy (non-hydrogen) atoms. The molecule has 0 fully saturated rings. The highest BCUT2D eigenvalue weighted by molar-refractivity contribution is 5.97. The van der Waals surface area contributed by atoms with E-state index < -0.39 is 0 Å². The van der Waals surface area contributed by atoms with Crippen LogP contribution in [0.2, 0.25) is 0 Å². The Balaban J connectivity index is 4.24. The Bertz CT molecular complexity index is 227. The zero-order valence-corrected chi connectivity index (χ0v) is 10.3. The third kappa shape index (κ3) is 4.93. The summed E-state index contributed by atoms with van der Waals surface area (Å²) in [4.78, 5) is 24.4. The molecular formula is C11H22N2O2. The van der Waals surface area contributed by atoms with E-state index in [1.54, 1.807) is 14.0 Å². The molecule has 4 heteroatoms. The van der Waals surface area contributed by atoms with E-state index in [1.165, 1.54) is 4.90 Å². The van der Waals surface area contributed by atoms with E-state index in [2.05, 4.69) is 5.32 Å². The fourth-order valence-electron chi connectivity index (χ4n) is 1.37. The van der Waals surface area contributed by atoms with E-state index in [0.717, 1.165) is 6.42 Å². The van der Waals surface area contributed by atoms with Gasteiger partial charge < -0.3 is 5.32 Å². The molecule has 2 amide bonds. The molecule has 0 aliphatic heterocycles. The second-order valence-electron chi connectivity index (χ2n) is 4.08. The molecule has 1 unspecified atom stereocenters. The van der Waals surface area contributed by atoms with Crippen LogP contribution in [0.3, 0.4) is 0 Å². The van der Waals surface area contributed by atoms with Crippen LogP contribution in [-0.2, 0) is 9.59 Å². The zero-order chi connectivity index (χ0) is 12.0. The monoisotopic (exact) mass is 214 g/mol. The normalized spacial score (nSPS) is 12.7. The van der Waals surface area contributed by atoms with E-state index in [-0.39, 0.29) is 23.9 Å². The number of hydrogen-bond donors (Lipinski definition) is 1. The number of amides is 2. The Morgan fingerprint density at radius 2 is 1.80 bits per heavy atom. The Labute approximate surface area is 92.0 Å². The lowest BCUT2D eigenvalue weighted by Crippen LogP contribution is -2.47. The van der Waals surface area contributed by atoms with E-state index in [1.807, 2.05) is 20.8 Å². The quantitative estimate of drug-likeness (QED) is 0.747. The van der Waals surface area contributed by atoms with E-state index in [0.29, 0.717) is 6.42 Å². The van der Waals surface area contributed by atoms with Crippen LogP contribution >= 0.6 is 0 Å². The Morgan fingerprint density at radius 3 is 2.20 bits per heavy atom. The summed E-state index contributed by atoms with van der Waals surface area (Å²) in [6.07, 6.45) is 1.19. The van der Waals surface area contributed by atoms with E-state index in [9.17, 15) is 9.59 Å². The Hall–Kier alpha value is -0.900. The maximum absolute atomic E-state index is 11.7. The molecule has 0 rings (SSSR count). The van der Waals surface area contributed by atoms with Gasteiger partial charge in [0.1, 0.15) is 0 Å². The summed E-state index contributed by atoms with van der Waals surface area (Å²) in [6, 6.07) is -0.0746. The van der Waals surface area contributed by atoms with Crippen LogP contribution in [-0.4, -0.2) is 35.8 Å². The minimum Gasteiger partial charge on any atom is -0.304 e. The van der Waals surface area contributed by atoms with Crippen LogP contribution in [0.1, 0.15) is 40.5 Å². The number of rotatable bonds is 5. The van der Waals surface area contributed by atoms with E-state index >= 15 is 0 Å². The van der Waals surface area contributed by atoms with Crippen LogP contribution in [0, 0.1) is 0 Å². The van der Waals surface area contributed by atoms with Gasteiger partial charge in [-0.2, -0.15) is 0 Å². The van der Waals surface area contributed by atoms with Gasteiger partial charge in [0.2, 0.25) is 11.8 Å². The average Bonchev–Trinajstić information content (AvgIpc) is 2.14. The predicted octanol–water partition coefficient (Wildman–Crippen LogP) is 1.16. The summed E-state index contributed by atoms with van der Waals surface area (Å²) in [6.45, 7) is 7.64. The van der Waals surface area contributed by atoms with Crippen molar-refractivity contribution in [3.8, 4) is 0 Å².